The molecule has 1 rings (SSSR count). The molecular weight excluding hydrogens is 199 g/mol. The molecule has 13 heavy (non-hydrogen) atoms. The Kier molecular flexibility index (Phi) is 2.72. The zero-order valence-corrected chi connectivity index (χ0v) is 7.43. The minimum absolute atomic E-state index is 0.0238. The molecule has 0 aromatic heterocycles. The van der Waals surface area contributed by atoms with Crippen LogP contribution in [0.2, 0.25) is 5.02 Å². The van der Waals surface area contributed by atoms with Gasteiger partial charge in [0.15, 0.2) is 11.6 Å². The number of carbonyl (C=O) groups is 1. The molecular formula is C8H6ClFO3. The first-order chi connectivity index (χ1) is 6.06. The predicted molar refractivity (Wildman–Crippen MR) is 44.4 cm³/mol. The van der Waals surface area contributed by atoms with E-state index >= 15 is 0 Å². The summed E-state index contributed by atoms with van der Waals surface area (Å²) in [7, 11) is 1.13. The molecule has 0 amide bonds. The average Bonchev–Trinajstić information content (AvgIpc) is 2.10. The molecule has 0 radical (unpaired) electrons. The lowest BCUT2D eigenvalue weighted by Crippen LogP contribution is -2.02. The lowest BCUT2D eigenvalue weighted by molar-refractivity contribution is 0.0596. The number of aromatic hydroxyl groups is 1. The Morgan fingerprint density at radius 3 is 2.77 bits per heavy atom. The number of benzene rings is 1. The number of rotatable bonds is 1. The molecule has 1 aromatic rings. The Morgan fingerprint density at radius 2 is 2.23 bits per heavy atom. The van der Waals surface area contributed by atoms with Gasteiger partial charge in [-0.15, -0.1) is 0 Å². The van der Waals surface area contributed by atoms with Crippen LogP contribution < -0.4 is 0 Å². The average molecular weight is 205 g/mol. The summed E-state index contributed by atoms with van der Waals surface area (Å²) in [6.45, 7) is 0. The van der Waals surface area contributed by atoms with Crippen molar-refractivity contribution in [2.75, 3.05) is 7.11 Å². The molecule has 0 aliphatic carbocycles. The highest BCUT2D eigenvalue weighted by Crippen LogP contribution is 2.25. The van der Waals surface area contributed by atoms with E-state index < -0.39 is 17.5 Å². The monoisotopic (exact) mass is 204 g/mol. The Balaban J connectivity index is 3.28. The lowest BCUT2D eigenvalue weighted by atomic mass is 10.2. The molecule has 0 unspecified atom stereocenters. The predicted octanol–water partition coefficient (Wildman–Crippen LogP) is 1.97. The summed E-state index contributed by atoms with van der Waals surface area (Å²) in [5.74, 6) is -2.54. The van der Waals surface area contributed by atoms with Crippen LogP contribution in [0, 0.1) is 5.82 Å². The van der Waals surface area contributed by atoms with Gasteiger partial charge in [0.25, 0.3) is 0 Å². The van der Waals surface area contributed by atoms with Gasteiger partial charge in [0.1, 0.15) is 5.56 Å². The standard InChI is InChI=1S/C8H6ClFO3/c1-13-8(12)5-2-4(9)3-6(10)7(5)11/h2-3,11H,1H3. The van der Waals surface area contributed by atoms with E-state index in [0.29, 0.717) is 0 Å². The smallest absolute Gasteiger partial charge is 0.341 e. The SMILES string of the molecule is COC(=O)c1cc(Cl)cc(F)c1O. The van der Waals surface area contributed by atoms with Gasteiger partial charge in [0.05, 0.1) is 7.11 Å². The van der Waals surface area contributed by atoms with E-state index in [2.05, 4.69) is 4.74 Å². The number of hydrogen-bond acceptors (Lipinski definition) is 3. The largest absolute Gasteiger partial charge is 0.504 e. The maximum Gasteiger partial charge on any atom is 0.341 e. The van der Waals surface area contributed by atoms with Crippen LogP contribution >= 0.6 is 11.6 Å². The highest BCUT2D eigenvalue weighted by Gasteiger charge is 2.16. The van der Waals surface area contributed by atoms with Crippen molar-refractivity contribution in [2.45, 2.75) is 0 Å². The van der Waals surface area contributed by atoms with Crippen LogP contribution in [-0.2, 0) is 4.74 Å². The van der Waals surface area contributed by atoms with E-state index in [0.717, 1.165) is 19.2 Å². The highest BCUT2D eigenvalue weighted by atomic mass is 35.5. The summed E-state index contributed by atoms with van der Waals surface area (Å²) in [4.78, 5) is 10.9. The van der Waals surface area contributed by atoms with Gasteiger partial charge in [-0.25, -0.2) is 9.18 Å². The van der Waals surface area contributed by atoms with Gasteiger partial charge in [-0.3, -0.25) is 0 Å². The van der Waals surface area contributed by atoms with E-state index in [1.54, 1.807) is 0 Å². The fraction of sp³-hybridized carbons (Fsp3) is 0.125. The van der Waals surface area contributed by atoms with Crippen molar-refractivity contribution in [3.8, 4) is 5.75 Å². The number of hydrogen-bond donors (Lipinski definition) is 1. The fourth-order valence-corrected chi connectivity index (χ4v) is 1.04. The number of ether oxygens (including phenoxy) is 1. The van der Waals surface area contributed by atoms with Crippen LogP contribution in [0.5, 0.6) is 5.75 Å². The zero-order valence-electron chi connectivity index (χ0n) is 6.67. The second kappa shape index (κ2) is 3.62. The second-order valence-electron chi connectivity index (χ2n) is 2.28. The minimum atomic E-state index is -0.951. The molecule has 0 spiro atoms. The van der Waals surface area contributed by atoms with Gasteiger partial charge in [-0.1, -0.05) is 11.6 Å². The van der Waals surface area contributed by atoms with Crippen LogP contribution in [0.3, 0.4) is 0 Å². The van der Waals surface area contributed by atoms with Gasteiger partial charge < -0.3 is 9.84 Å². The lowest BCUT2D eigenvalue weighted by Gasteiger charge is -2.03. The van der Waals surface area contributed by atoms with E-state index in [4.69, 9.17) is 16.7 Å². The summed E-state index contributed by atoms with van der Waals surface area (Å²) in [6.07, 6.45) is 0. The number of phenolic OH excluding ortho intramolecular Hbond substituents is 1. The molecule has 0 atom stereocenters. The van der Waals surface area contributed by atoms with Crippen molar-refractivity contribution in [1.82, 2.24) is 0 Å². The Morgan fingerprint density at radius 1 is 1.62 bits per heavy atom. The number of halogens is 2. The third-order valence-corrected chi connectivity index (χ3v) is 1.65. The molecule has 1 aromatic carbocycles. The Bertz CT molecular complexity index is 351. The minimum Gasteiger partial charge on any atom is -0.504 e. The molecule has 0 saturated heterocycles. The normalized spacial score (nSPS) is 9.77. The van der Waals surface area contributed by atoms with Crippen LogP contribution in [0.1, 0.15) is 10.4 Å². The summed E-state index contributed by atoms with van der Waals surface area (Å²) >= 11 is 5.46. The van der Waals surface area contributed by atoms with E-state index in [1.807, 2.05) is 0 Å². The zero-order chi connectivity index (χ0) is 10.0. The van der Waals surface area contributed by atoms with Crippen molar-refractivity contribution in [3.05, 3.63) is 28.5 Å². The topological polar surface area (TPSA) is 46.5 Å². The number of carbonyl (C=O) groups excluding carboxylic acids is 1. The summed E-state index contributed by atoms with van der Waals surface area (Å²) in [6, 6.07) is 2.04. The summed E-state index contributed by atoms with van der Waals surface area (Å²) in [5, 5.41) is 9.11. The molecule has 70 valence electrons. The van der Waals surface area contributed by atoms with Crippen LogP contribution in [0.25, 0.3) is 0 Å². The third-order valence-electron chi connectivity index (χ3n) is 1.43. The first-order valence-electron chi connectivity index (χ1n) is 3.32. The Hall–Kier alpha value is -1.29. The molecule has 0 saturated carbocycles. The molecule has 1 N–H and O–H groups in total. The number of phenols is 1. The van der Waals surface area contributed by atoms with Crippen LogP contribution in [-0.4, -0.2) is 18.2 Å². The maximum atomic E-state index is 12.8. The van der Waals surface area contributed by atoms with Gasteiger partial charge in [0.2, 0.25) is 0 Å². The molecule has 0 heterocycles. The molecule has 0 bridgehead atoms. The van der Waals surface area contributed by atoms with Crippen LogP contribution in [0.4, 0.5) is 4.39 Å². The molecule has 0 aliphatic heterocycles. The Labute approximate surface area is 78.7 Å². The van der Waals surface area contributed by atoms with Gasteiger partial charge in [0, 0.05) is 5.02 Å². The second-order valence-corrected chi connectivity index (χ2v) is 2.71. The third kappa shape index (κ3) is 1.89. The first-order valence-corrected chi connectivity index (χ1v) is 3.70. The number of methoxy groups -OCH3 is 1. The quantitative estimate of drug-likeness (QED) is 0.712. The maximum absolute atomic E-state index is 12.8. The van der Waals surface area contributed by atoms with Crippen LogP contribution in [0.15, 0.2) is 12.1 Å². The fourth-order valence-electron chi connectivity index (χ4n) is 0.832. The van der Waals surface area contributed by atoms with E-state index in [-0.39, 0.29) is 10.6 Å². The van der Waals surface area contributed by atoms with Crippen molar-refractivity contribution in [3.63, 3.8) is 0 Å². The first kappa shape index (κ1) is 9.80. The molecule has 5 heteroatoms. The van der Waals surface area contributed by atoms with Gasteiger partial charge >= 0.3 is 5.97 Å². The number of esters is 1. The molecule has 0 fully saturated rings. The van der Waals surface area contributed by atoms with Crippen molar-refractivity contribution in [1.29, 1.82) is 0 Å². The van der Waals surface area contributed by atoms with E-state index in [9.17, 15) is 9.18 Å². The molecule has 0 aliphatic rings. The van der Waals surface area contributed by atoms with Gasteiger partial charge in [-0.05, 0) is 12.1 Å². The van der Waals surface area contributed by atoms with E-state index in [1.165, 1.54) is 0 Å². The van der Waals surface area contributed by atoms with Crippen molar-refractivity contribution < 1.29 is 19.0 Å². The summed E-state index contributed by atoms with van der Waals surface area (Å²) < 4.78 is 17.1. The summed E-state index contributed by atoms with van der Waals surface area (Å²) in [5.41, 5.74) is -0.285. The molecule has 3 nitrogen and oxygen atoms in total. The van der Waals surface area contributed by atoms with Crippen molar-refractivity contribution >= 4 is 17.6 Å². The highest BCUT2D eigenvalue weighted by molar-refractivity contribution is 6.31. The van der Waals surface area contributed by atoms with Crippen molar-refractivity contribution in [2.24, 2.45) is 0 Å². The van der Waals surface area contributed by atoms with Gasteiger partial charge in [-0.2, -0.15) is 0 Å².